The zero-order valence-electron chi connectivity index (χ0n) is 14.1. The van der Waals surface area contributed by atoms with Crippen molar-refractivity contribution in [3.8, 4) is 0 Å². The Bertz CT molecular complexity index is 848. The number of halogens is 2. The number of ether oxygens (including phenoxy) is 1. The zero-order chi connectivity index (χ0) is 18.6. The molecule has 0 radical (unpaired) electrons. The third kappa shape index (κ3) is 4.45. The van der Waals surface area contributed by atoms with Gasteiger partial charge in [-0.1, -0.05) is 30.3 Å². The summed E-state index contributed by atoms with van der Waals surface area (Å²) in [6.45, 7) is 3.57. The molecule has 0 bridgehead atoms. The lowest BCUT2D eigenvalue weighted by Gasteiger charge is -2.27. The number of hydrogen-bond donors (Lipinski definition) is 1. The highest BCUT2D eigenvalue weighted by Crippen LogP contribution is 2.19. The molecule has 0 aromatic heterocycles. The first-order valence-electron chi connectivity index (χ1n) is 8.28. The molecule has 1 saturated heterocycles. The molecule has 3 rings (SSSR count). The Balaban J connectivity index is 1.75. The number of nitrogens with one attached hydrogen (secondary N) is 1. The molecule has 1 heterocycles. The molecule has 0 unspecified atom stereocenters. The lowest BCUT2D eigenvalue weighted by Crippen LogP contribution is -2.36. The standard InChI is InChI=1S/C18H20F2N2O3S/c19-16-6-3-7-17(20)18(16)26(23,24)21-12-14-4-1-2-5-15(14)13-22-8-10-25-11-9-22/h1-7,21H,8-13H2. The van der Waals surface area contributed by atoms with Crippen LogP contribution in [0, 0.1) is 11.6 Å². The highest BCUT2D eigenvalue weighted by Gasteiger charge is 2.24. The van der Waals surface area contributed by atoms with Gasteiger partial charge in [-0.15, -0.1) is 0 Å². The summed E-state index contributed by atoms with van der Waals surface area (Å²) in [7, 11) is -4.30. The van der Waals surface area contributed by atoms with E-state index in [1.54, 1.807) is 12.1 Å². The second kappa shape index (κ2) is 8.22. The minimum absolute atomic E-state index is 0.0450. The highest BCUT2D eigenvalue weighted by molar-refractivity contribution is 7.89. The second-order valence-corrected chi connectivity index (χ2v) is 7.74. The van der Waals surface area contributed by atoms with Gasteiger partial charge in [0, 0.05) is 26.2 Å². The lowest BCUT2D eigenvalue weighted by molar-refractivity contribution is 0.0341. The summed E-state index contributed by atoms with van der Waals surface area (Å²) in [6, 6.07) is 10.4. The molecule has 0 saturated carbocycles. The lowest BCUT2D eigenvalue weighted by atomic mass is 10.1. The molecule has 1 fully saturated rings. The van der Waals surface area contributed by atoms with Crippen molar-refractivity contribution in [2.24, 2.45) is 0 Å². The fraction of sp³-hybridized carbons (Fsp3) is 0.333. The molecule has 5 nitrogen and oxygen atoms in total. The van der Waals surface area contributed by atoms with Gasteiger partial charge in [-0.3, -0.25) is 4.90 Å². The highest BCUT2D eigenvalue weighted by atomic mass is 32.2. The van der Waals surface area contributed by atoms with Crippen LogP contribution in [0.2, 0.25) is 0 Å². The van der Waals surface area contributed by atoms with Gasteiger partial charge in [0.1, 0.15) is 11.6 Å². The van der Waals surface area contributed by atoms with E-state index in [9.17, 15) is 17.2 Å². The van der Waals surface area contributed by atoms with Crippen LogP contribution in [0.1, 0.15) is 11.1 Å². The second-order valence-electron chi connectivity index (χ2n) is 6.03. The summed E-state index contributed by atoms with van der Waals surface area (Å²) in [5.41, 5.74) is 1.73. The monoisotopic (exact) mass is 382 g/mol. The van der Waals surface area contributed by atoms with Crippen molar-refractivity contribution in [1.82, 2.24) is 9.62 Å². The predicted octanol–water partition coefficient (Wildman–Crippen LogP) is 2.28. The maximum absolute atomic E-state index is 13.8. The van der Waals surface area contributed by atoms with E-state index in [1.165, 1.54) is 0 Å². The Morgan fingerprint density at radius 1 is 0.962 bits per heavy atom. The Kier molecular flexibility index (Phi) is 5.98. The van der Waals surface area contributed by atoms with E-state index >= 15 is 0 Å². The first-order chi connectivity index (χ1) is 12.5. The van der Waals surface area contributed by atoms with Gasteiger partial charge in [-0.25, -0.2) is 21.9 Å². The van der Waals surface area contributed by atoms with Crippen molar-refractivity contribution < 1.29 is 21.9 Å². The van der Waals surface area contributed by atoms with E-state index in [-0.39, 0.29) is 6.54 Å². The van der Waals surface area contributed by atoms with Gasteiger partial charge in [-0.2, -0.15) is 0 Å². The number of benzene rings is 2. The van der Waals surface area contributed by atoms with Crippen LogP contribution in [-0.4, -0.2) is 39.6 Å². The van der Waals surface area contributed by atoms with Gasteiger partial charge in [-0.05, 0) is 23.3 Å². The van der Waals surface area contributed by atoms with Crippen molar-refractivity contribution in [3.05, 3.63) is 65.2 Å². The molecule has 1 N–H and O–H groups in total. The van der Waals surface area contributed by atoms with Gasteiger partial charge in [0.15, 0.2) is 4.90 Å². The molecule has 0 atom stereocenters. The molecule has 8 heteroatoms. The Morgan fingerprint density at radius 3 is 2.23 bits per heavy atom. The fourth-order valence-corrected chi connectivity index (χ4v) is 4.01. The third-order valence-corrected chi connectivity index (χ3v) is 5.71. The summed E-state index contributed by atoms with van der Waals surface area (Å²) >= 11 is 0. The number of morpholine rings is 1. The fourth-order valence-electron chi connectivity index (χ4n) is 2.87. The van der Waals surface area contributed by atoms with Crippen molar-refractivity contribution in [2.45, 2.75) is 18.0 Å². The number of sulfonamides is 1. The van der Waals surface area contributed by atoms with Crippen LogP contribution in [0.3, 0.4) is 0 Å². The van der Waals surface area contributed by atoms with E-state index in [0.717, 1.165) is 42.4 Å². The topological polar surface area (TPSA) is 58.6 Å². The Hall–Kier alpha value is -1.87. The quantitative estimate of drug-likeness (QED) is 0.833. The molecular formula is C18H20F2N2O3S. The van der Waals surface area contributed by atoms with E-state index in [1.807, 2.05) is 12.1 Å². The van der Waals surface area contributed by atoms with Crippen molar-refractivity contribution in [1.29, 1.82) is 0 Å². The smallest absolute Gasteiger partial charge is 0.246 e. The average molecular weight is 382 g/mol. The molecule has 0 spiro atoms. The third-order valence-electron chi connectivity index (χ3n) is 4.26. The largest absolute Gasteiger partial charge is 0.379 e. The SMILES string of the molecule is O=S(=O)(NCc1ccccc1CN1CCOCC1)c1c(F)cccc1F. The Morgan fingerprint density at radius 2 is 1.58 bits per heavy atom. The predicted molar refractivity (Wildman–Crippen MR) is 92.9 cm³/mol. The van der Waals surface area contributed by atoms with Gasteiger partial charge in [0.25, 0.3) is 0 Å². The van der Waals surface area contributed by atoms with E-state index < -0.39 is 26.6 Å². The molecule has 140 valence electrons. The summed E-state index contributed by atoms with van der Waals surface area (Å²) in [4.78, 5) is 1.26. The van der Waals surface area contributed by atoms with Gasteiger partial charge < -0.3 is 4.74 Å². The summed E-state index contributed by atoms with van der Waals surface area (Å²) in [6.07, 6.45) is 0. The molecule has 2 aromatic rings. The molecular weight excluding hydrogens is 362 g/mol. The van der Waals surface area contributed by atoms with Crippen LogP contribution >= 0.6 is 0 Å². The maximum atomic E-state index is 13.8. The number of hydrogen-bond acceptors (Lipinski definition) is 4. The molecule has 1 aliphatic heterocycles. The van der Waals surface area contributed by atoms with Crippen LogP contribution < -0.4 is 4.72 Å². The first-order valence-corrected chi connectivity index (χ1v) is 9.76. The van der Waals surface area contributed by atoms with Crippen LogP contribution in [0.25, 0.3) is 0 Å². The van der Waals surface area contributed by atoms with E-state index in [0.29, 0.717) is 19.8 Å². The van der Waals surface area contributed by atoms with E-state index in [4.69, 9.17) is 4.74 Å². The molecule has 0 aliphatic carbocycles. The number of rotatable bonds is 6. The van der Waals surface area contributed by atoms with Crippen LogP contribution in [0.4, 0.5) is 8.78 Å². The minimum atomic E-state index is -4.30. The molecule has 1 aliphatic rings. The van der Waals surface area contributed by atoms with Gasteiger partial charge in [0.2, 0.25) is 10.0 Å². The molecule has 2 aromatic carbocycles. The molecule has 26 heavy (non-hydrogen) atoms. The van der Waals surface area contributed by atoms with Crippen LogP contribution in [0.15, 0.2) is 47.4 Å². The Labute approximate surface area is 151 Å². The maximum Gasteiger partial charge on any atom is 0.246 e. The van der Waals surface area contributed by atoms with Gasteiger partial charge in [0.05, 0.1) is 13.2 Å². The van der Waals surface area contributed by atoms with E-state index in [2.05, 4.69) is 9.62 Å². The summed E-state index contributed by atoms with van der Waals surface area (Å²) in [5.74, 6) is -2.22. The summed E-state index contributed by atoms with van der Waals surface area (Å²) in [5, 5.41) is 0. The van der Waals surface area contributed by atoms with Crippen LogP contribution in [-0.2, 0) is 27.8 Å². The number of nitrogens with zero attached hydrogens (tertiary/aromatic N) is 1. The average Bonchev–Trinajstić information content (AvgIpc) is 2.61. The van der Waals surface area contributed by atoms with Gasteiger partial charge >= 0.3 is 0 Å². The van der Waals surface area contributed by atoms with Crippen molar-refractivity contribution in [2.75, 3.05) is 26.3 Å². The minimum Gasteiger partial charge on any atom is -0.379 e. The normalized spacial score (nSPS) is 15.9. The zero-order valence-corrected chi connectivity index (χ0v) is 14.9. The van der Waals surface area contributed by atoms with Crippen molar-refractivity contribution in [3.63, 3.8) is 0 Å². The van der Waals surface area contributed by atoms with Crippen molar-refractivity contribution >= 4 is 10.0 Å². The summed E-state index contributed by atoms with van der Waals surface area (Å²) < 4.78 is 59.9. The molecule has 0 amide bonds. The van der Waals surface area contributed by atoms with Crippen LogP contribution in [0.5, 0.6) is 0 Å². The first kappa shape index (κ1) is 18.9.